The lowest BCUT2D eigenvalue weighted by atomic mass is 10.0. The lowest BCUT2D eigenvalue weighted by Crippen LogP contribution is -2.45. The molecule has 6 nitrogen and oxygen atoms in total. The zero-order chi connectivity index (χ0) is 19.1. The molecule has 0 saturated carbocycles. The van der Waals surface area contributed by atoms with E-state index in [1.54, 1.807) is 12.3 Å². The Kier molecular flexibility index (Phi) is 7.26. The number of hydrogen-bond acceptors (Lipinski definition) is 4. The molecule has 3 heterocycles. The second-order valence-corrected chi connectivity index (χ2v) is 7.53. The number of hydrogen-bond donors (Lipinski definition) is 2. The Labute approximate surface area is 162 Å². The van der Waals surface area contributed by atoms with Crippen molar-refractivity contribution in [3.63, 3.8) is 0 Å². The Bertz CT molecular complexity index is 622. The Morgan fingerprint density at radius 1 is 1.33 bits per heavy atom. The molecule has 0 bridgehead atoms. The zero-order valence-corrected chi connectivity index (χ0v) is 16.6. The predicted molar refractivity (Wildman–Crippen MR) is 109 cm³/mol. The quantitative estimate of drug-likeness (QED) is 0.589. The molecular weight excluding hydrogens is 343 g/mol. The van der Waals surface area contributed by atoms with E-state index in [-0.39, 0.29) is 11.9 Å². The number of likely N-dealkylation sites (tertiary alicyclic amines) is 1. The monoisotopic (exact) mass is 376 g/mol. The fourth-order valence-electron chi connectivity index (χ4n) is 3.97. The topological polar surface area (TPSA) is 55.8 Å². The van der Waals surface area contributed by atoms with Crippen LogP contribution in [0.3, 0.4) is 0 Å². The van der Waals surface area contributed by atoms with Crippen molar-refractivity contribution >= 4 is 11.8 Å². The minimum atomic E-state index is -0.255. The van der Waals surface area contributed by atoms with Gasteiger partial charge < -0.3 is 15.5 Å². The van der Waals surface area contributed by atoms with Gasteiger partial charge in [0.15, 0.2) is 17.6 Å². The molecule has 2 saturated heterocycles. The van der Waals surface area contributed by atoms with Gasteiger partial charge in [0.25, 0.3) is 0 Å². The maximum atomic E-state index is 14.0. The third kappa shape index (κ3) is 5.54. The Balaban J connectivity index is 1.51. The summed E-state index contributed by atoms with van der Waals surface area (Å²) >= 11 is 0. The van der Waals surface area contributed by atoms with E-state index in [1.165, 1.54) is 31.9 Å². The van der Waals surface area contributed by atoms with Crippen LogP contribution < -0.4 is 15.5 Å². The number of guanidine groups is 1. The van der Waals surface area contributed by atoms with Crippen molar-refractivity contribution in [1.29, 1.82) is 0 Å². The van der Waals surface area contributed by atoms with Gasteiger partial charge in [-0.3, -0.25) is 9.89 Å². The molecule has 1 aromatic rings. The summed E-state index contributed by atoms with van der Waals surface area (Å²) in [5, 5.41) is 6.85. The normalized spacial score (nSPS) is 24.3. The van der Waals surface area contributed by atoms with Gasteiger partial charge in [-0.15, -0.1) is 0 Å². The minimum Gasteiger partial charge on any atom is -0.357 e. The first-order chi connectivity index (χ1) is 13.2. The van der Waals surface area contributed by atoms with Crippen LogP contribution in [0.25, 0.3) is 0 Å². The minimum absolute atomic E-state index is 0.248. The average Bonchev–Trinajstić information content (AvgIpc) is 3.12. The number of aromatic nitrogens is 1. The van der Waals surface area contributed by atoms with Crippen molar-refractivity contribution < 1.29 is 4.39 Å². The van der Waals surface area contributed by atoms with Crippen molar-refractivity contribution in [2.45, 2.75) is 51.6 Å². The summed E-state index contributed by atoms with van der Waals surface area (Å²) in [6, 6.07) is 4.01. The summed E-state index contributed by atoms with van der Waals surface area (Å²) in [6.07, 6.45) is 6.54. The summed E-state index contributed by atoms with van der Waals surface area (Å²) in [4.78, 5) is 13.5. The van der Waals surface area contributed by atoms with Crippen LogP contribution in [-0.2, 0) is 0 Å². The van der Waals surface area contributed by atoms with E-state index in [4.69, 9.17) is 4.99 Å². The molecule has 2 aliphatic rings. The molecule has 7 heteroatoms. The van der Waals surface area contributed by atoms with Gasteiger partial charge in [-0.1, -0.05) is 6.42 Å². The first-order valence-corrected chi connectivity index (χ1v) is 10.3. The number of piperidine rings is 1. The van der Waals surface area contributed by atoms with Crippen LogP contribution in [0, 0.1) is 5.82 Å². The van der Waals surface area contributed by atoms with E-state index in [2.05, 4.69) is 34.4 Å². The number of anilines is 1. The number of nitrogens with one attached hydrogen (secondary N) is 2. The van der Waals surface area contributed by atoms with Gasteiger partial charge >= 0.3 is 0 Å². The standard InChI is InChI=1S/C20H33FN6/c1-3-22-20(24-11-14-26-12-5-4-7-16(26)2)25-17-9-13-27(15-17)19-18(21)8-6-10-23-19/h6,8,10,16-17H,3-5,7,9,11-15H2,1-2H3,(H2,22,24,25). The molecular formula is C20H33FN6. The fraction of sp³-hybridized carbons (Fsp3) is 0.700. The van der Waals surface area contributed by atoms with Crippen LogP contribution in [0.2, 0.25) is 0 Å². The van der Waals surface area contributed by atoms with Gasteiger partial charge in [-0.05, 0) is 51.8 Å². The van der Waals surface area contributed by atoms with E-state index in [1.807, 2.05) is 4.90 Å². The third-order valence-electron chi connectivity index (χ3n) is 5.51. The van der Waals surface area contributed by atoms with E-state index < -0.39 is 0 Å². The summed E-state index contributed by atoms with van der Waals surface area (Å²) in [7, 11) is 0. The Hall–Kier alpha value is -1.89. The largest absolute Gasteiger partial charge is 0.357 e. The summed E-state index contributed by atoms with van der Waals surface area (Å²) in [5.74, 6) is 1.05. The molecule has 0 amide bonds. The number of rotatable bonds is 6. The van der Waals surface area contributed by atoms with Crippen molar-refractivity contribution in [2.24, 2.45) is 4.99 Å². The molecule has 0 aromatic carbocycles. The fourth-order valence-corrected chi connectivity index (χ4v) is 3.97. The van der Waals surface area contributed by atoms with Crippen molar-refractivity contribution in [1.82, 2.24) is 20.5 Å². The highest BCUT2D eigenvalue weighted by Crippen LogP contribution is 2.20. The number of halogens is 1. The molecule has 2 atom stereocenters. The predicted octanol–water partition coefficient (Wildman–Crippen LogP) is 2.23. The zero-order valence-electron chi connectivity index (χ0n) is 16.6. The second-order valence-electron chi connectivity index (χ2n) is 7.53. The molecule has 2 fully saturated rings. The van der Waals surface area contributed by atoms with Gasteiger partial charge in [0.1, 0.15) is 0 Å². The highest BCUT2D eigenvalue weighted by molar-refractivity contribution is 5.80. The van der Waals surface area contributed by atoms with Gasteiger partial charge in [-0.2, -0.15) is 0 Å². The van der Waals surface area contributed by atoms with Crippen LogP contribution in [0.5, 0.6) is 0 Å². The van der Waals surface area contributed by atoms with E-state index >= 15 is 0 Å². The first kappa shape index (κ1) is 19.9. The molecule has 2 aliphatic heterocycles. The van der Waals surface area contributed by atoms with E-state index in [0.29, 0.717) is 11.9 Å². The number of aliphatic imine (C=N–C) groups is 1. The van der Waals surface area contributed by atoms with E-state index in [9.17, 15) is 4.39 Å². The summed E-state index contributed by atoms with van der Waals surface area (Å²) < 4.78 is 14.0. The Morgan fingerprint density at radius 2 is 2.22 bits per heavy atom. The highest BCUT2D eigenvalue weighted by atomic mass is 19.1. The molecule has 150 valence electrons. The highest BCUT2D eigenvalue weighted by Gasteiger charge is 2.26. The SMILES string of the molecule is CCNC(=NCCN1CCCCC1C)NC1CCN(c2ncccc2F)C1. The Morgan fingerprint density at radius 3 is 3.00 bits per heavy atom. The van der Waals surface area contributed by atoms with Crippen molar-refractivity contribution in [3.05, 3.63) is 24.1 Å². The van der Waals surface area contributed by atoms with Crippen LogP contribution in [0.4, 0.5) is 10.2 Å². The molecule has 27 heavy (non-hydrogen) atoms. The molecule has 0 radical (unpaired) electrons. The van der Waals surface area contributed by atoms with Crippen LogP contribution in [0.1, 0.15) is 39.5 Å². The van der Waals surface area contributed by atoms with Crippen LogP contribution >= 0.6 is 0 Å². The molecule has 3 rings (SSSR count). The van der Waals surface area contributed by atoms with Crippen molar-refractivity contribution in [2.75, 3.05) is 44.2 Å². The summed E-state index contributed by atoms with van der Waals surface area (Å²) in [6.45, 7) is 9.76. The van der Waals surface area contributed by atoms with Gasteiger partial charge in [-0.25, -0.2) is 9.37 Å². The molecule has 2 unspecified atom stereocenters. The molecule has 0 spiro atoms. The maximum Gasteiger partial charge on any atom is 0.191 e. The number of pyridine rings is 1. The van der Waals surface area contributed by atoms with Crippen molar-refractivity contribution in [3.8, 4) is 0 Å². The maximum absolute atomic E-state index is 14.0. The lowest BCUT2D eigenvalue weighted by Gasteiger charge is -2.32. The van der Waals surface area contributed by atoms with Gasteiger partial charge in [0, 0.05) is 44.5 Å². The molecule has 1 aromatic heterocycles. The second kappa shape index (κ2) is 9.88. The van der Waals surface area contributed by atoms with Crippen LogP contribution in [-0.4, -0.2) is 67.2 Å². The summed E-state index contributed by atoms with van der Waals surface area (Å²) in [5.41, 5.74) is 0. The smallest absolute Gasteiger partial charge is 0.191 e. The lowest BCUT2D eigenvalue weighted by molar-refractivity contribution is 0.166. The molecule has 2 N–H and O–H groups in total. The molecule has 0 aliphatic carbocycles. The van der Waals surface area contributed by atoms with Gasteiger partial charge in [0.2, 0.25) is 0 Å². The number of nitrogens with zero attached hydrogens (tertiary/aromatic N) is 4. The van der Waals surface area contributed by atoms with Gasteiger partial charge in [0.05, 0.1) is 6.54 Å². The third-order valence-corrected chi connectivity index (χ3v) is 5.51. The average molecular weight is 377 g/mol. The first-order valence-electron chi connectivity index (χ1n) is 10.3. The van der Waals surface area contributed by atoms with Crippen LogP contribution in [0.15, 0.2) is 23.3 Å². The van der Waals surface area contributed by atoms with E-state index in [0.717, 1.165) is 45.1 Å².